The Morgan fingerprint density at radius 1 is 1.64 bits per heavy atom. The predicted molar refractivity (Wildman–Crippen MR) is 45.6 cm³/mol. The van der Waals surface area contributed by atoms with Crippen LogP contribution in [0.4, 0.5) is 5.82 Å². The Morgan fingerprint density at radius 3 is 3.00 bits per heavy atom. The van der Waals surface area contributed by atoms with Crippen LogP contribution in [-0.4, -0.2) is 27.0 Å². The maximum absolute atomic E-state index is 11.4. The number of hydrogen-bond acceptors (Lipinski definition) is 4. The van der Waals surface area contributed by atoms with Crippen molar-refractivity contribution in [3.05, 3.63) is 18.1 Å². The second-order valence-corrected chi connectivity index (χ2v) is 3.17. The third-order valence-corrected chi connectivity index (χ3v) is 2.36. The van der Waals surface area contributed by atoms with Crippen molar-refractivity contribution >= 4 is 17.7 Å². The molecular weight excluding hydrogens is 186 g/mol. The number of aromatic nitrogens is 2. The van der Waals surface area contributed by atoms with Gasteiger partial charge in [-0.1, -0.05) is 0 Å². The van der Waals surface area contributed by atoms with E-state index < -0.39 is 17.3 Å². The molecule has 1 unspecified atom stereocenters. The molecule has 14 heavy (non-hydrogen) atoms. The number of nitrogens with zero attached hydrogens (tertiary/aromatic N) is 2. The Hall–Kier alpha value is -1.98. The van der Waals surface area contributed by atoms with Crippen LogP contribution in [0.1, 0.15) is 12.5 Å². The molecule has 1 aromatic heterocycles. The Kier molecular flexibility index (Phi) is 1.54. The molecule has 0 aliphatic carbocycles. The highest BCUT2D eigenvalue weighted by Gasteiger charge is 2.50. The highest BCUT2D eigenvalue weighted by Crippen LogP contribution is 2.35. The molecule has 72 valence electrons. The molecule has 0 fully saturated rings. The minimum atomic E-state index is -1.57. The van der Waals surface area contributed by atoms with Crippen molar-refractivity contribution in [3.63, 3.8) is 0 Å². The van der Waals surface area contributed by atoms with Gasteiger partial charge in [0, 0.05) is 11.8 Å². The van der Waals surface area contributed by atoms with Gasteiger partial charge in [-0.2, -0.15) is 0 Å². The molecule has 1 aliphatic rings. The van der Waals surface area contributed by atoms with Gasteiger partial charge in [-0.25, -0.2) is 9.97 Å². The number of nitrogens with one attached hydrogen (secondary N) is 1. The number of carboxylic acids is 1. The molecule has 1 aromatic rings. The standard InChI is InChI=1S/C8H7N3O3/c1-8(7(13)14)4-2-9-3-10-5(4)11-6(8)12/h2-3H,1H3,(H,13,14)(H,9,10,11,12). The maximum Gasteiger partial charge on any atom is 0.323 e. The number of carbonyl (C=O) groups excluding carboxylic acids is 1. The summed E-state index contributed by atoms with van der Waals surface area (Å²) in [6.07, 6.45) is 2.60. The summed E-state index contributed by atoms with van der Waals surface area (Å²) >= 11 is 0. The average molecular weight is 193 g/mol. The van der Waals surface area contributed by atoms with Crippen LogP contribution >= 0.6 is 0 Å². The molecule has 0 saturated heterocycles. The quantitative estimate of drug-likeness (QED) is 0.601. The third-order valence-electron chi connectivity index (χ3n) is 2.36. The van der Waals surface area contributed by atoms with E-state index in [0.717, 1.165) is 0 Å². The number of fused-ring (bicyclic) bond motifs is 1. The van der Waals surface area contributed by atoms with Crippen molar-refractivity contribution in [2.45, 2.75) is 12.3 Å². The van der Waals surface area contributed by atoms with E-state index in [-0.39, 0.29) is 5.82 Å². The first kappa shape index (κ1) is 8.61. The van der Waals surface area contributed by atoms with Crippen LogP contribution in [-0.2, 0) is 15.0 Å². The molecule has 0 saturated carbocycles. The van der Waals surface area contributed by atoms with Crippen molar-refractivity contribution in [2.75, 3.05) is 5.32 Å². The Bertz CT molecular complexity index is 432. The summed E-state index contributed by atoms with van der Waals surface area (Å²) in [4.78, 5) is 29.9. The minimum Gasteiger partial charge on any atom is -0.480 e. The van der Waals surface area contributed by atoms with Crippen LogP contribution in [0, 0.1) is 0 Å². The van der Waals surface area contributed by atoms with Gasteiger partial charge in [0.15, 0.2) is 5.41 Å². The summed E-state index contributed by atoms with van der Waals surface area (Å²) < 4.78 is 0. The molecule has 2 rings (SSSR count). The number of aliphatic carboxylic acids is 1. The number of carboxylic acid groups (broad SMARTS) is 1. The van der Waals surface area contributed by atoms with E-state index in [1.807, 2.05) is 0 Å². The minimum absolute atomic E-state index is 0.273. The number of amides is 1. The second-order valence-electron chi connectivity index (χ2n) is 3.17. The van der Waals surface area contributed by atoms with Crippen LogP contribution in [0.25, 0.3) is 0 Å². The highest BCUT2D eigenvalue weighted by molar-refractivity contribution is 6.17. The molecule has 0 bridgehead atoms. The lowest BCUT2D eigenvalue weighted by atomic mass is 9.86. The van der Waals surface area contributed by atoms with E-state index in [9.17, 15) is 9.59 Å². The second kappa shape index (κ2) is 2.50. The normalized spacial score (nSPS) is 24.2. The van der Waals surface area contributed by atoms with Crippen LogP contribution < -0.4 is 5.32 Å². The number of rotatable bonds is 1. The van der Waals surface area contributed by atoms with Crippen molar-refractivity contribution < 1.29 is 14.7 Å². The lowest BCUT2D eigenvalue weighted by Crippen LogP contribution is -2.39. The van der Waals surface area contributed by atoms with E-state index in [1.165, 1.54) is 19.4 Å². The zero-order valence-electron chi connectivity index (χ0n) is 7.31. The van der Waals surface area contributed by atoms with Gasteiger partial charge >= 0.3 is 5.97 Å². The fourth-order valence-electron chi connectivity index (χ4n) is 1.36. The molecule has 2 N–H and O–H groups in total. The third kappa shape index (κ3) is 0.847. The van der Waals surface area contributed by atoms with Gasteiger partial charge in [0.25, 0.3) is 0 Å². The Morgan fingerprint density at radius 2 is 2.36 bits per heavy atom. The van der Waals surface area contributed by atoms with E-state index >= 15 is 0 Å². The van der Waals surface area contributed by atoms with Crippen LogP contribution in [0.15, 0.2) is 12.5 Å². The Labute approximate surface area is 79.0 Å². The first-order chi connectivity index (χ1) is 6.56. The van der Waals surface area contributed by atoms with Gasteiger partial charge in [0.1, 0.15) is 12.1 Å². The number of anilines is 1. The monoisotopic (exact) mass is 193 g/mol. The van der Waals surface area contributed by atoms with Crippen LogP contribution in [0.3, 0.4) is 0 Å². The summed E-state index contributed by atoms with van der Waals surface area (Å²) in [6.45, 7) is 1.33. The summed E-state index contributed by atoms with van der Waals surface area (Å²) in [5, 5.41) is 11.4. The van der Waals surface area contributed by atoms with Crippen LogP contribution in [0.2, 0.25) is 0 Å². The molecular formula is C8H7N3O3. The first-order valence-electron chi connectivity index (χ1n) is 3.92. The van der Waals surface area contributed by atoms with Gasteiger partial charge in [-0.05, 0) is 6.92 Å². The van der Waals surface area contributed by atoms with E-state index in [2.05, 4.69) is 15.3 Å². The van der Waals surface area contributed by atoms with Gasteiger partial charge < -0.3 is 10.4 Å². The fraction of sp³-hybridized carbons (Fsp3) is 0.250. The van der Waals surface area contributed by atoms with Crippen LogP contribution in [0.5, 0.6) is 0 Å². The highest BCUT2D eigenvalue weighted by atomic mass is 16.4. The van der Waals surface area contributed by atoms with Gasteiger partial charge in [-0.3, -0.25) is 9.59 Å². The molecule has 6 heteroatoms. The average Bonchev–Trinajstić information content (AvgIpc) is 2.41. The topological polar surface area (TPSA) is 92.2 Å². The summed E-state index contributed by atoms with van der Waals surface area (Å²) in [6, 6.07) is 0. The summed E-state index contributed by atoms with van der Waals surface area (Å²) in [5.74, 6) is -1.51. The fourth-order valence-corrected chi connectivity index (χ4v) is 1.36. The first-order valence-corrected chi connectivity index (χ1v) is 3.92. The lowest BCUT2D eigenvalue weighted by Gasteiger charge is -2.14. The molecule has 0 spiro atoms. The molecule has 2 heterocycles. The van der Waals surface area contributed by atoms with E-state index in [1.54, 1.807) is 0 Å². The zero-order chi connectivity index (χ0) is 10.3. The smallest absolute Gasteiger partial charge is 0.323 e. The molecule has 0 aromatic carbocycles. The van der Waals surface area contributed by atoms with E-state index in [0.29, 0.717) is 5.56 Å². The van der Waals surface area contributed by atoms with Gasteiger partial charge in [0.2, 0.25) is 5.91 Å². The van der Waals surface area contributed by atoms with Gasteiger partial charge in [-0.15, -0.1) is 0 Å². The van der Waals surface area contributed by atoms with Crippen molar-refractivity contribution in [2.24, 2.45) is 0 Å². The van der Waals surface area contributed by atoms with Gasteiger partial charge in [0.05, 0.1) is 0 Å². The van der Waals surface area contributed by atoms with Crippen molar-refractivity contribution in [1.29, 1.82) is 0 Å². The summed E-state index contributed by atoms with van der Waals surface area (Å²) in [7, 11) is 0. The molecule has 1 amide bonds. The maximum atomic E-state index is 11.4. The Balaban J connectivity index is 2.66. The molecule has 1 atom stereocenters. The zero-order valence-corrected chi connectivity index (χ0v) is 7.31. The lowest BCUT2D eigenvalue weighted by molar-refractivity contribution is -0.146. The SMILES string of the molecule is CC1(C(=O)O)C(=O)Nc2ncncc21. The molecule has 0 radical (unpaired) electrons. The van der Waals surface area contributed by atoms with Crippen molar-refractivity contribution in [3.8, 4) is 0 Å². The van der Waals surface area contributed by atoms with E-state index in [4.69, 9.17) is 5.11 Å². The van der Waals surface area contributed by atoms with Crippen molar-refractivity contribution in [1.82, 2.24) is 9.97 Å². The predicted octanol–water partition coefficient (Wildman–Crippen LogP) is -0.229. The largest absolute Gasteiger partial charge is 0.480 e. The number of hydrogen-bond donors (Lipinski definition) is 2. The number of carbonyl (C=O) groups is 2. The molecule has 6 nitrogen and oxygen atoms in total. The molecule has 1 aliphatic heterocycles. The summed E-state index contributed by atoms with van der Waals surface area (Å²) in [5.41, 5.74) is -1.27.